The highest BCUT2D eigenvalue weighted by atomic mass is 16.5. The molecule has 1 fully saturated rings. The van der Waals surface area contributed by atoms with Crippen molar-refractivity contribution in [2.24, 2.45) is 5.92 Å². The van der Waals surface area contributed by atoms with E-state index in [0.717, 1.165) is 19.1 Å². The molecular formula is C13H20N2O. The smallest absolute Gasteiger partial charge is 0.0468 e. The van der Waals surface area contributed by atoms with Gasteiger partial charge in [-0.05, 0) is 43.9 Å². The largest absolute Gasteiger partial charge is 0.381 e. The maximum Gasteiger partial charge on any atom is 0.0468 e. The van der Waals surface area contributed by atoms with Crippen LogP contribution in [0.2, 0.25) is 0 Å². The van der Waals surface area contributed by atoms with E-state index in [2.05, 4.69) is 16.4 Å². The van der Waals surface area contributed by atoms with Crippen LogP contribution in [-0.4, -0.2) is 25.2 Å². The van der Waals surface area contributed by atoms with Gasteiger partial charge in [-0.1, -0.05) is 6.07 Å². The van der Waals surface area contributed by atoms with Crippen LogP contribution < -0.4 is 5.32 Å². The first kappa shape index (κ1) is 11.6. The minimum Gasteiger partial charge on any atom is -0.381 e. The predicted molar refractivity (Wildman–Crippen MR) is 64.2 cm³/mol. The van der Waals surface area contributed by atoms with Crippen LogP contribution in [0.15, 0.2) is 24.5 Å². The third-order valence-corrected chi connectivity index (χ3v) is 3.35. The van der Waals surface area contributed by atoms with E-state index < -0.39 is 0 Å². The van der Waals surface area contributed by atoms with Gasteiger partial charge in [-0.15, -0.1) is 0 Å². The molecule has 1 aromatic rings. The zero-order valence-electron chi connectivity index (χ0n) is 9.86. The SMILES string of the molecule is CNC(CC1CCOCC1)c1cccnc1. The Morgan fingerprint density at radius 2 is 2.31 bits per heavy atom. The first-order chi connectivity index (χ1) is 7.90. The molecule has 0 aromatic carbocycles. The summed E-state index contributed by atoms with van der Waals surface area (Å²) >= 11 is 0. The van der Waals surface area contributed by atoms with Crippen molar-refractivity contribution in [1.82, 2.24) is 10.3 Å². The van der Waals surface area contributed by atoms with Gasteiger partial charge in [0.2, 0.25) is 0 Å². The van der Waals surface area contributed by atoms with E-state index in [1.165, 1.54) is 24.8 Å². The molecule has 0 radical (unpaired) electrons. The van der Waals surface area contributed by atoms with Crippen LogP contribution in [0, 0.1) is 5.92 Å². The van der Waals surface area contributed by atoms with Crippen LogP contribution >= 0.6 is 0 Å². The van der Waals surface area contributed by atoms with Crippen LogP contribution in [0.5, 0.6) is 0 Å². The first-order valence-corrected chi connectivity index (χ1v) is 6.05. The van der Waals surface area contributed by atoms with Crippen molar-refractivity contribution in [3.8, 4) is 0 Å². The van der Waals surface area contributed by atoms with E-state index in [-0.39, 0.29) is 0 Å². The second-order valence-corrected chi connectivity index (χ2v) is 4.42. The number of nitrogens with one attached hydrogen (secondary N) is 1. The highest BCUT2D eigenvalue weighted by Crippen LogP contribution is 2.26. The van der Waals surface area contributed by atoms with Crippen molar-refractivity contribution in [2.75, 3.05) is 20.3 Å². The third kappa shape index (κ3) is 3.03. The molecule has 3 nitrogen and oxygen atoms in total. The Hall–Kier alpha value is -0.930. The van der Waals surface area contributed by atoms with Gasteiger partial charge < -0.3 is 10.1 Å². The zero-order valence-corrected chi connectivity index (χ0v) is 9.86. The standard InChI is InChI=1S/C13H20N2O/c1-14-13(12-3-2-6-15-10-12)9-11-4-7-16-8-5-11/h2-3,6,10-11,13-14H,4-5,7-9H2,1H3. The van der Waals surface area contributed by atoms with Gasteiger partial charge in [0.1, 0.15) is 0 Å². The third-order valence-electron chi connectivity index (χ3n) is 3.35. The van der Waals surface area contributed by atoms with Crippen LogP contribution in [0.25, 0.3) is 0 Å². The zero-order chi connectivity index (χ0) is 11.2. The van der Waals surface area contributed by atoms with Crippen molar-refractivity contribution < 1.29 is 4.74 Å². The van der Waals surface area contributed by atoms with Crippen LogP contribution in [0.1, 0.15) is 30.9 Å². The monoisotopic (exact) mass is 220 g/mol. The van der Waals surface area contributed by atoms with Crippen LogP contribution in [0.3, 0.4) is 0 Å². The Kier molecular flexibility index (Phi) is 4.31. The average Bonchev–Trinajstić information content (AvgIpc) is 2.38. The molecule has 0 aliphatic carbocycles. The van der Waals surface area contributed by atoms with E-state index >= 15 is 0 Å². The lowest BCUT2D eigenvalue weighted by molar-refractivity contribution is 0.0608. The lowest BCUT2D eigenvalue weighted by atomic mass is 9.90. The van der Waals surface area contributed by atoms with E-state index in [9.17, 15) is 0 Å². The topological polar surface area (TPSA) is 34.1 Å². The van der Waals surface area contributed by atoms with Gasteiger partial charge in [0.15, 0.2) is 0 Å². The molecule has 2 rings (SSSR count). The van der Waals surface area contributed by atoms with Crippen molar-refractivity contribution in [1.29, 1.82) is 0 Å². The Bertz CT molecular complexity index is 296. The second kappa shape index (κ2) is 5.97. The molecule has 1 atom stereocenters. The number of ether oxygens (including phenoxy) is 1. The fourth-order valence-electron chi connectivity index (χ4n) is 2.32. The van der Waals surface area contributed by atoms with Crippen molar-refractivity contribution in [3.05, 3.63) is 30.1 Å². The number of hydrogen-bond donors (Lipinski definition) is 1. The van der Waals surface area contributed by atoms with Crippen molar-refractivity contribution in [2.45, 2.75) is 25.3 Å². The Balaban J connectivity index is 1.94. The highest BCUT2D eigenvalue weighted by molar-refractivity contribution is 5.13. The molecule has 1 aromatic heterocycles. The molecule has 2 heterocycles. The molecule has 1 N–H and O–H groups in total. The van der Waals surface area contributed by atoms with Gasteiger partial charge in [-0.25, -0.2) is 0 Å². The predicted octanol–water partition coefficient (Wildman–Crippen LogP) is 2.16. The van der Waals surface area contributed by atoms with Gasteiger partial charge in [0.05, 0.1) is 0 Å². The molecule has 1 aliphatic rings. The summed E-state index contributed by atoms with van der Waals surface area (Å²) in [6.45, 7) is 1.85. The maximum atomic E-state index is 5.39. The van der Waals surface area contributed by atoms with Crippen LogP contribution in [0.4, 0.5) is 0 Å². The summed E-state index contributed by atoms with van der Waals surface area (Å²) < 4.78 is 5.39. The summed E-state index contributed by atoms with van der Waals surface area (Å²) in [4.78, 5) is 4.18. The van der Waals surface area contributed by atoms with Crippen molar-refractivity contribution in [3.63, 3.8) is 0 Å². The van der Waals surface area contributed by atoms with Crippen molar-refractivity contribution >= 4 is 0 Å². The summed E-state index contributed by atoms with van der Waals surface area (Å²) in [6, 6.07) is 4.58. The molecule has 88 valence electrons. The quantitative estimate of drug-likeness (QED) is 0.844. The van der Waals surface area contributed by atoms with Crippen LogP contribution in [-0.2, 0) is 4.74 Å². The van der Waals surface area contributed by atoms with Gasteiger partial charge in [0.25, 0.3) is 0 Å². The minimum atomic E-state index is 0.428. The molecule has 1 saturated heterocycles. The molecule has 1 unspecified atom stereocenters. The summed E-state index contributed by atoms with van der Waals surface area (Å²) in [5.74, 6) is 0.784. The van der Waals surface area contributed by atoms with Gasteiger partial charge in [-0.2, -0.15) is 0 Å². The van der Waals surface area contributed by atoms with E-state index in [1.807, 2.05) is 25.5 Å². The maximum absolute atomic E-state index is 5.39. The first-order valence-electron chi connectivity index (χ1n) is 6.05. The minimum absolute atomic E-state index is 0.428. The number of aromatic nitrogens is 1. The summed E-state index contributed by atoms with van der Waals surface area (Å²) in [6.07, 6.45) is 7.35. The molecule has 0 spiro atoms. The summed E-state index contributed by atoms with van der Waals surface area (Å²) in [5, 5.41) is 3.38. The average molecular weight is 220 g/mol. The Morgan fingerprint density at radius 3 is 2.94 bits per heavy atom. The second-order valence-electron chi connectivity index (χ2n) is 4.42. The number of rotatable bonds is 4. The summed E-state index contributed by atoms with van der Waals surface area (Å²) in [5.41, 5.74) is 1.29. The number of pyridine rings is 1. The van der Waals surface area contributed by atoms with E-state index in [1.54, 1.807) is 0 Å². The molecular weight excluding hydrogens is 200 g/mol. The highest BCUT2D eigenvalue weighted by Gasteiger charge is 2.19. The molecule has 0 saturated carbocycles. The van der Waals surface area contributed by atoms with Gasteiger partial charge >= 0.3 is 0 Å². The Morgan fingerprint density at radius 1 is 1.50 bits per heavy atom. The fourth-order valence-corrected chi connectivity index (χ4v) is 2.32. The number of nitrogens with zero attached hydrogens (tertiary/aromatic N) is 1. The molecule has 0 amide bonds. The lowest BCUT2D eigenvalue weighted by Crippen LogP contribution is -2.24. The fraction of sp³-hybridized carbons (Fsp3) is 0.615. The molecule has 3 heteroatoms. The van der Waals surface area contributed by atoms with E-state index in [4.69, 9.17) is 4.74 Å². The Labute approximate surface area is 97.2 Å². The molecule has 16 heavy (non-hydrogen) atoms. The summed E-state index contributed by atoms with van der Waals surface area (Å²) in [7, 11) is 2.02. The van der Waals surface area contributed by atoms with Gasteiger partial charge in [-0.3, -0.25) is 4.98 Å². The lowest BCUT2D eigenvalue weighted by Gasteiger charge is -2.26. The van der Waals surface area contributed by atoms with E-state index in [0.29, 0.717) is 6.04 Å². The molecule has 0 bridgehead atoms. The number of hydrogen-bond acceptors (Lipinski definition) is 3. The normalized spacial score (nSPS) is 19.6. The molecule has 1 aliphatic heterocycles. The van der Waals surface area contributed by atoms with Gasteiger partial charge in [0, 0.05) is 31.6 Å².